The van der Waals surface area contributed by atoms with Gasteiger partial charge in [0.25, 0.3) is 0 Å². The molecule has 2 rings (SSSR count). The minimum Gasteiger partial charge on any atom is -0.381 e. The Balaban J connectivity index is 2.02. The Bertz CT molecular complexity index is 449. The topological polar surface area (TPSA) is 81.7 Å². The van der Waals surface area contributed by atoms with E-state index in [4.69, 9.17) is 5.73 Å². The van der Waals surface area contributed by atoms with Crippen LogP contribution in [0, 0.1) is 0 Å². The molecule has 0 aliphatic heterocycles. The van der Waals surface area contributed by atoms with Crippen LogP contribution in [0.25, 0.3) is 0 Å². The molecule has 0 saturated carbocycles. The summed E-state index contributed by atoms with van der Waals surface area (Å²) in [6, 6.07) is 1.93. The number of nitrogen functional groups attached to an aromatic ring is 1. The molecule has 3 N–H and O–H groups in total. The van der Waals surface area contributed by atoms with Crippen molar-refractivity contribution in [3.63, 3.8) is 0 Å². The molecular formula is C9H12N6. The number of rotatable bonds is 3. The third kappa shape index (κ3) is 2.22. The fraction of sp³-hybridized carbons (Fsp3) is 0.222. The predicted molar refractivity (Wildman–Crippen MR) is 57.0 cm³/mol. The van der Waals surface area contributed by atoms with Gasteiger partial charge >= 0.3 is 0 Å². The number of nitrogens with zero attached hydrogens (tertiary/aromatic N) is 4. The first-order chi connectivity index (χ1) is 7.25. The van der Waals surface area contributed by atoms with Gasteiger partial charge in [0.15, 0.2) is 11.6 Å². The molecule has 15 heavy (non-hydrogen) atoms. The molecule has 0 aliphatic rings. The van der Waals surface area contributed by atoms with E-state index in [0.29, 0.717) is 18.2 Å². The second kappa shape index (κ2) is 3.95. The minimum atomic E-state index is 0.397. The van der Waals surface area contributed by atoms with E-state index in [-0.39, 0.29) is 0 Å². The number of nitrogens with two attached hydrogens (primary N) is 1. The second-order valence-electron chi connectivity index (χ2n) is 3.12. The molecule has 2 heterocycles. The van der Waals surface area contributed by atoms with Gasteiger partial charge in [-0.3, -0.25) is 4.68 Å². The van der Waals surface area contributed by atoms with Crippen LogP contribution in [-0.2, 0) is 13.6 Å². The molecule has 0 unspecified atom stereocenters. The van der Waals surface area contributed by atoms with Crippen molar-refractivity contribution >= 4 is 11.6 Å². The van der Waals surface area contributed by atoms with E-state index >= 15 is 0 Å². The van der Waals surface area contributed by atoms with Crippen molar-refractivity contribution in [2.45, 2.75) is 6.54 Å². The normalized spacial score (nSPS) is 10.2. The number of aromatic nitrogens is 4. The number of aryl methyl sites for hydroxylation is 1. The molecule has 0 aromatic carbocycles. The molecule has 2 aromatic rings. The van der Waals surface area contributed by atoms with Crippen molar-refractivity contribution in [2.75, 3.05) is 11.1 Å². The molecule has 0 aliphatic carbocycles. The highest BCUT2D eigenvalue weighted by atomic mass is 15.3. The Morgan fingerprint density at radius 2 is 2.20 bits per heavy atom. The zero-order valence-corrected chi connectivity index (χ0v) is 8.38. The fourth-order valence-electron chi connectivity index (χ4n) is 1.22. The van der Waals surface area contributed by atoms with Crippen LogP contribution < -0.4 is 11.1 Å². The maximum atomic E-state index is 5.63. The maximum Gasteiger partial charge on any atom is 0.169 e. The van der Waals surface area contributed by atoms with Crippen LogP contribution in [0.15, 0.2) is 24.7 Å². The van der Waals surface area contributed by atoms with Gasteiger partial charge in [0.05, 0.1) is 12.2 Å². The highest BCUT2D eigenvalue weighted by Crippen LogP contribution is 2.10. The Morgan fingerprint density at radius 3 is 2.87 bits per heavy atom. The summed E-state index contributed by atoms with van der Waals surface area (Å²) in [6.45, 7) is 0.587. The zero-order valence-electron chi connectivity index (χ0n) is 8.38. The van der Waals surface area contributed by atoms with Crippen molar-refractivity contribution in [2.24, 2.45) is 7.05 Å². The number of nitrogens with one attached hydrogen (secondary N) is 1. The Morgan fingerprint density at radius 1 is 1.40 bits per heavy atom. The van der Waals surface area contributed by atoms with Crippen LogP contribution >= 0.6 is 0 Å². The lowest BCUT2D eigenvalue weighted by Crippen LogP contribution is -2.06. The molecule has 0 atom stereocenters. The molecule has 0 bridgehead atoms. The third-order valence-corrected chi connectivity index (χ3v) is 1.93. The monoisotopic (exact) mass is 204 g/mol. The molecule has 6 nitrogen and oxygen atoms in total. The highest BCUT2D eigenvalue weighted by molar-refractivity contribution is 5.54. The van der Waals surface area contributed by atoms with Gasteiger partial charge in [0.2, 0.25) is 0 Å². The van der Waals surface area contributed by atoms with E-state index < -0.39 is 0 Å². The second-order valence-corrected chi connectivity index (χ2v) is 3.12. The number of hydrogen-bond acceptors (Lipinski definition) is 5. The molecule has 0 radical (unpaired) electrons. The number of anilines is 2. The SMILES string of the molecule is Cn1ccc(CNc2nccnc2N)n1. The maximum absolute atomic E-state index is 5.63. The van der Waals surface area contributed by atoms with E-state index in [2.05, 4.69) is 20.4 Å². The summed E-state index contributed by atoms with van der Waals surface area (Å²) in [5.74, 6) is 0.983. The van der Waals surface area contributed by atoms with Gasteiger partial charge in [-0.15, -0.1) is 0 Å². The number of hydrogen-bond donors (Lipinski definition) is 2. The summed E-state index contributed by atoms with van der Waals surface area (Å²) < 4.78 is 1.75. The molecule has 0 amide bonds. The average molecular weight is 204 g/mol. The van der Waals surface area contributed by atoms with Crippen molar-refractivity contribution in [3.8, 4) is 0 Å². The van der Waals surface area contributed by atoms with Crippen LogP contribution in [0.3, 0.4) is 0 Å². The summed E-state index contributed by atoms with van der Waals surface area (Å²) in [5.41, 5.74) is 6.56. The lowest BCUT2D eigenvalue weighted by Gasteiger charge is -2.04. The first kappa shape index (κ1) is 9.45. The van der Waals surface area contributed by atoms with Crippen molar-refractivity contribution in [3.05, 3.63) is 30.4 Å². The minimum absolute atomic E-state index is 0.397. The van der Waals surface area contributed by atoms with E-state index in [1.54, 1.807) is 17.1 Å². The average Bonchev–Trinajstić information content (AvgIpc) is 2.63. The van der Waals surface area contributed by atoms with E-state index in [0.717, 1.165) is 5.69 Å². The fourth-order valence-corrected chi connectivity index (χ4v) is 1.22. The molecule has 6 heteroatoms. The predicted octanol–water partition coefficient (Wildman–Crippen LogP) is 0.404. The lowest BCUT2D eigenvalue weighted by molar-refractivity contribution is 0.747. The lowest BCUT2D eigenvalue weighted by atomic mass is 10.4. The first-order valence-corrected chi connectivity index (χ1v) is 4.54. The zero-order chi connectivity index (χ0) is 10.7. The Hall–Kier alpha value is -2.11. The molecule has 78 valence electrons. The summed E-state index contributed by atoms with van der Waals surface area (Å²) >= 11 is 0. The smallest absolute Gasteiger partial charge is 0.169 e. The molecule has 0 saturated heterocycles. The van der Waals surface area contributed by atoms with E-state index in [1.165, 1.54) is 0 Å². The summed E-state index contributed by atoms with van der Waals surface area (Å²) in [5, 5.41) is 7.29. The van der Waals surface area contributed by atoms with Crippen molar-refractivity contribution < 1.29 is 0 Å². The summed E-state index contributed by atoms with van der Waals surface area (Å²) in [7, 11) is 1.88. The summed E-state index contributed by atoms with van der Waals surface area (Å²) in [4.78, 5) is 7.99. The van der Waals surface area contributed by atoms with Gasteiger partial charge in [0, 0.05) is 25.6 Å². The van der Waals surface area contributed by atoms with Crippen LogP contribution in [0.5, 0.6) is 0 Å². The van der Waals surface area contributed by atoms with Gasteiger partial charge in [-0.05, 0) is 6.07 Å². The van der Waals surface area contributed by atoms with Gasteiger partial charge in [-0.2, -0.15) is 5.10 Å². The van der Waals surface area contributed by atoms with Crippen molar-refractivity contribution in [1.29, 1.82) is 0 Å². The van der Waals surface area contributed by atoms with Gasteiger partial charge in [-0.1, -0.05) is 0 Å². The van der Waals surface area contributed by atoms with Gasteiger partial charge < -0.3 is 11.1 Å². The third-order valence-electron chi connectivity index (χ3n) is 1.93. The Kier molecular flexibility index (Phi) is 2.49. The highest BCUT2D eigenvalue weighted by Gasteiger charge is 2.01. The Labute approximate surface area is 87.2 Å². The van der Waals surface area contributed by atoms with Gasteiger partial charge in [-0.25, -0.2) is 9.97 Å². The summed E-state index contributed by atoms with van der Waals surface area (Å²) in [6.07, 6.45) is 5.04. The van der Waals surface area contributed by atoms with Crippen LogP contribution in [0.4, 0.5) is 11.6 Å². The molecule has 2 aromatic heterocycles. The van der Waals surface area contributed by atoms with Crippen LogP contribution in [-0.4, -0.2) is 19.7 Å². The van der Waals surface area contributed by atoms with Gasteiger partial charge in [0.1, 0.15) is 0 Å². The van der Waals surface area contributed by atoms with Crippen molar-refractivity contribution in [1.82, 2.24) is 19.7 Å². The molecular weight excluding hydrogens is 192 g/mol. The van der Waals surface area contributed by atoms with Crippen LogP contribution in [0.1, 0.15) is 5.69 Å². The van der Waals surface area contributed by atoms with E-state index in [1.807, 2.05) is 19.3 Å². The van der Waals surface area contributed by atoms with E-state index in [9.17, 15) is 0 Å². The first-order valence-electron chi connectivity index (χ1n) is 4.54. The largest absolute Gasteiger partial charge is 0.381 e. The molecule has 0 fully saturated rings. The quantitative estimate of drug-likeness (QED) is 0.756. The molecule has 0 spiro atoms. The standard InChI is InChI=1S/C9H12N6/c1-15-5-2-7(14-15)6-13-9-8(10)11-3-4-12-9/h2-5H,6H2,1H3,(H2,10,11)(H,12,13). The van der Waals surface area contributed by atoms with Crippen LogP contribution in [0.2, 0.25) is 0 Å².